The highest BCUT2D eigenvalue weighted by Crippen LogP contribution is 2.15. The minimum Gasteiger partial charge on any atom is -0.395 e. The quantitative estimate of drug-likeness (QED) is 0.520. The predicted octanol–water partition coefficient (Wildman–Crippen LogP) is -1.10. The summed E-state index contributed by atoms with van der Waals surface area (Å²) in [6, 6.07) is 0.480. The molecule has 0 saturated carbocycles. The summed E-state index contributed by atoms with van der Waals surface area (Å²) in [6.45, 7) is 3.96. The Morgan fingerprint density at radius 1 is 1.31 bits per heavy atom. The van der Waals surface area contributed by atoms with Gasteiger partial charge in [0.25, 0.3) is 0 Å². The third-order valence-corrected chi connectivity index (χ3v) is 3.17. The van der Waals surface area contributed by atoms with Crippen molar-refractivity contribution in [1.82, 2.24) is 10.2 Å². The van der Waals surface area contributed by atoms with Crippen molar-refractivity contribution >= 4 is 0 Å². The van der Waals surface area contributed by atoms with Crippen LogP contribution < -0.4 is 5.32 Å². The number of hydrogen-bond acceptors (Lipinski definition) is 5. The number of ether oxygens (including phenoxy) is 1. The standard InChI is InChI=1S/C11H24N2O3/c1-12-11-2-7-16-9-10(11)8-13(3-5-14)4-6-15/h10-12,14-15H,2-9H2,1H3. The topological polar surface area (TPSA) is 65.0 Å². The van der Waals surface area contributed by atoms with E-state index in [2.05, 4.69) is 10.2 Å². The van der Waals surface area contributed by atoms with E-state index in [-0.39, 0.29) is 13.2 Å². The zero-order valence-corrected chi connectivity index (χ0v) is 10.1. The molecule has 5 heteroatoms. The first-order chi connectivity index (χ1) is 7.81. The lowest BCUT2D eigenvalue weighted by atomic mass is 9.95. The van der Waals surface area contributed by atoms with Crippen molar-refractivity contribution in [2.45, 2.75) is 12.5 Å². The van der Waals surface area contributed by atoms with Crippen LogP contribution >= 0.6 is 0 Å². The third-order valence-electron chi connectivity index (χ3n) is 3.17. The number of nitrogens with one attached hydrogen (secondary N) is 1. The molecule has 0 aliphatic carbocycles. The van der Waals surface area contributed by atoms with Crippen LogP contribution in [0.1, 0.15) is 6.42 Å². The van der Waals surface area contributed by atoms with Gasteiger partial charge >= 0.3 is 0 Å². The van der Waals surface area contributed by atoms with Gasteiger partial charge in [0, 0.05) is 38.2 Å². The van der Waals surface area contributed by atoms with E-state index in [9.17, 15) is 0 Å². The van der Waals surface area contributed by atoms with Crippen LogP contribution in [0.2, 0.25) is 0 Å². The van der Waals surface area contributed by atoms with Crippen molar-refractivity contribution < 1.29 is 14.9 Å². The highest BCUT2D eigenvalue weighted by Gasteiger charge is 2.25. The fourth-order valence-electron chi connectivity index (χ4n) is 2.27. The molecule has 0 bridgehead atoms. The molecule has 2 atom stereocenters. The van der Waals surface area contributed by atoms with Crippen LogP contribution in [0, 0.1) is 5.92 Å². The van der Waals surface area contributed by atoms with Gasteiger partial charge in [-0.05, 0) is 13.5 Å². The maximum absolute atomic E-state index is 8.95. The van der Waals surface area contributed by atoms with Gasteiger partial charge in [0.05, 0.1) is 19.8 Å². The summed E-state index contributed by atoms with van der Waals surface area (Å²) < 4.78 is 5.48. The van der Waals surface area contributed by atoms with E-state index < -0.39 is 0 Å². The molecule has 1 saturated heterocycles. The molecular weight excluding hydrogens is 208 g/mol. The summed E-state index contributed by atoms with van der Waals surface area (Å²) in [4.78, 5) is 2.09. The first-order valence-corrected chi connectivity index (χ1v) is 6.01. The van der Waals surface area contributed by atoms with Crippen molar-refractivity contribution in [1.29, 1.82) is 0 Å². The Kier molecular flexibility index (Phi) is 6.91. The SMILES string of the molecule is CNC1CCOCC1CN(CCO)CCO. The van der Waals surface area contributed by atoms with Gasteiger partial charge in [0.2, 0.25) is 0 Å². The first-order valence-electron chi connectivity index (χ1n) is 6.01. The summed E-state index contributed by atoms with van der Waals surface area (Å²) in [5, 5.41) is 21.2. The maximum Gasteiger partial charge on any atom is 0.0558 e. The molecule has 0 aromatic rings. The molecule has 5 nitrogen and oxygen atoms in total. The lowest BCUT2D eigenvalue weighted by Crippen LogP contribution is -2.47. The first kappa shape index (κ1) is 13.9. The molecule has 1 heterocycles. The molecule has 1 aliphatic rings. The monoisotopic (exact) mass is 232 g/mol. The lowest BCUT2D eigenvalue weighted by Gasteiger charge is -2.35. The van der Waals surface area contributed by atoms with Crippen LogP contribution in [0.4, 0.5) is 0 Å². The Hall–Kier alpha value is -0.200. The van der Waals surface area contributed by atoms with Crippen LogP contribution in [-0.2, 0) is 4.74 Å². The minimum atomic E-state index is 0.137. The molecule has 0 amide bonds. The number of rotatable bonds is 7. The van der Waals surface area contributed by atoms with E-state index in [0.717, 1.165) is 26.2 Å². The van der Waals surface area contributed by atoms with Crippen LogP contribution in [-0.4, -0.2) is 74.3 Å². The number of aliphatic hydroxyl groups is 2. The average molecular weight is 232 g/mol. The Labute approximate surface area is 97.4 Å². The van der Waals surface area contributed by atoms with E-state index in [0.29, 0.717) is 25.0 Å². The Bertz CT molecular complexity index is 175. The summed E-state index contributed by atoms with van der Waals surface area (Å²) in [5.41, 5.74) is 0. The Balaban J connectivity index is 2.40. The van der Waals surface area contributed by atoms with Crippen LogP contribution in [0.15, 0.2) is 0 Å². The minimum absolute atomic E-state index is 0.137. The van der Waals surface area contributed by atoms with Gasteiger partial charge in [-0.3, -0.25) is 4.90 Å². The second-order valence-corrected chi connectivity index (χ2v) is 4.27. The van der Waals surface area contributed by atoms with E-state index in [1.54, 1.807) is 0 Å². The van der Waals surface area contributed by atoms with Crippen LogP contribution in [0.25, 0.3) is 0 Å². The zero-order chi connectivity index (χ0) is 11.8. The van der Waals surface area contributed by atoms with Crippen LogP contribution in [0.3, 0.4) is 0 Å². The van der Waals surface area contributed by atoms with E-state index in [1.165, 1.54) is 0 Å². The largest absolute Gasteiger partial charge is 0.395 e. The van der Waals surface area contributed by atoms with Crippen molar-refractivity contribution in [3.8, 4) is 0 Å². The normalized spacial score (nSPS) is 26.2. The van der Waals surface area contributed by atoms with Gasteiger partial charge in [0.15, 0.2) is 0 Å². The predicted molar refractivity (Wildman–Crippen MR) is 62.4 cm³/mol. The molecule has 1 fully saturated rings. The zero-order valence-electron chi connectivity index (χ0n) is 10.1. The molecule has 16 heavy (non-hydrogen) atoms. The second-order valence-electron chi connectivity index (χ2n) is 4.27. The summed E-state index contributed by atoms with van der Waals surface area (Å²) >= 11 is 0. The fraction of sp³-hybridized carbons (Fsp3) is 1.00. The van der Waals surface area contributed by atoms with Gasteiger partial charge in [-0.2, -0.15) is 0 Å². The molecule has 96 valence electrons. The summed E-state index contributed by atoms with van der Waals surface area (Å²) in [6.07, 6.45) is 1.03. The Morgan fingerprint density at radius 3 is 2.56 bits per heavy atom. The van der Waals surface area contributed by atoms with E-state index >= 15 is 0 Å². The number of hydrogen-bond donors (Lipinski definition) is 3. The molecule has 0 aromatic heterocycles. The molecular formula is C11H24N2O3. The third kappa shape index (κ3) is 4.35. The van der Waals surface area contributed by atoms with E-state index in [1.807, 2.05) is 7.05 Å². The van der Waals surface area contributed by atoms with Crippen LogP contribution in [0.5, 0.6) is 0 Å². The van der Waals surface area contributed by atoms with Gasteiger partial charge in [-0.1, -0.05) is 0 Å². The molecule has 3 N–H and O–H groups in total. The van der Waals surface area contributed by atoms with Crippen molar-refractivity contribution in [3.05, 3.63) is 0 Å². The summed E-state index contributed by atoms with van der Waals surface area (Å²) in [7, 11) is 1.98. The highest BCUT2D eigenvalue weighted by atomic mass is 16.5. The maximum atomic E-state index is 8.95. The molecule has 0 aromatic carbocycles. The van der Waals surface area contributed by atoms with Crippen molar-refractivity contribution in [3.63, 3.8) is 0 Å². The molecule has 1 rings (SSSR count). The average Bonchev–Trinajstić information content (AvgIpc) is 2.30. The highest BCUT2D eigenvalue weighted by molar-refractivity contribution is 4.81. The van der Waals surface area contributed by atoms with Gasteiger partial charge in [-0.15, -0.1) is 0 Å². The van der Waals surface area contributed by atoms with Crippen molar-refractivity contribution in [2.75, 3.05) is 53.1 Å². The van der Waals surface area contributed by atoms with Gasteiger partial charge in [0.1, 0.15) is 0 Å². The number of nitrogens with zero attached hydrogens (tertiary/aromatic N) is 1. The lowest BCUT2D eigenvalue weighted by molar-refractivity contribution is 0.0140. The fourth-order valence-corrected chi connectivity index (χ4v) is 2.27. The molecule has 2 unspecified atom stereocenters. The Morgan fingerprint density at radius 2 is 2.00 bits per heavy atom. The summed E-state index contributed by atoms with van der Waals surface area (Å²) in [5.74, 6) is 0.442. The smallest absolute Gasteiger partial charge is 0.0558 e. The molecule has 0 spiro atoms. The van der Waals surface area contributed by atoms with E-state index in [4.69, 9.17) is 14.9 Å². The van der Waals surface area contributed by atoms with Crippen molar-refractivity contribution in [2.24, 2.45) is 5.92 Å². The second kappa shape index (κ2) is 7.97. The van der Waals surface area contributed by atoms with Gasteiger partial charge < -0.3 is 20.3 Å². The van der Waals surface area contributed by atoms with Gasteiger partial charge in [-0.25, -0.2) is 0 Å². The molecule has 1 aliphatic heterocycles. The molecule has 0 radical (unpaired) electrons. The number of aliphatic hydroxyl groups excluding tert-OH is 2.